The third-order valence-corrected chi connectivity index (χ3v) is 3.22. The fraction of sp³-hybridized carbons (Fsp3) is 0.667. The average Bonchev–Trinajstić information content (AvgIpc) is 2.28. The Labute approximate surface area is 101 Å². The fourth-order valence-corrected chi connectivity index (χ4v) is 2.19. The molecule has 0 aromatic carbocycles. The second-order valence-electron chi connectivity index (χ2n) is 4.81. The van der Waals surface area contributed by atoms with Crippen LogP contribution in [0.4, 0.5) is 5.82 Å². The predicted molar refractivity (Wildman–Crippen MR) is 68.5 cm³/mol. The highest BCUT2D eigenvalue weighted by Crippen LogP contribution is 2.12. The van der Waals surface area contributed by atoms with Crippen molar-refractivity contribution in [1.29, 1.82) is 0 Å². The maximum atomic E-state index is 11.4. The Hall–Kier alpha value is -1.36. The first-order chi connectivity index (χ1) is 8.06. The molecule has 94 valence electrons. The van der Waals surface area contributed by atoms with Crippen molar-refractivity contribution < 1.29 is 0 Å². The van der Waals surface area contributed by atoms with Crippen LogP contribution in [0.15, 0.2) is 10.9 Å². The van der Waals surface area contributed by atoms with E-state index in [1.165, 1.54) is 0 Å². The summed E-state index contributed by atoms with van der Waals surface area (Å²) in [4.78, 5) is 23.1. The Kier molecular flexibility index (Phi) is 3.47. The molecule has 0 aliphatic carbocycles. The highest BCUT2D eigenvalue weighted by atomic mass is 16.1. The first kappa shape index (κ1) is 12.1. The number of anilines is 1. The molecule has 0 radical (unpaired) electrons. The number of aromatic nitrogens is 2. The summed E-state index contributed by atoms with van der Waals surface area (Å²) in [7, 11) is 0. The molecule has 0 bridgehead atoms. The first-order valence-corrected chi connectivity index (χ1v) is 6.13. The van der Waals surface area contributed by atoms with Crippen LogP contribution in [0.25, 0.3) is 0 Å². The average molecular weight is 236 g/mol. The van der Waals surface area contributed by atoms with Crippen LogP contribution in [0, 0.1) is 6.92 Å². The zero-order valence-corrected chi connectivity index (χ0v) is 10.7. The Bertz CT molecular complexity index is 432. The van der Waals surface area contributed by atoms with Crippen LogP contribution in [0.1, 0.15) is 19.7 Å². The number of nitrogens with zero attached hydrogens (tertiary/aromatic N) is 3. The first-order valence-electron chi connectivity index (χ1n) is 6.13. The molecular weight excluding hydrogens is 216 g/mol. The van der Waals surface area contributed by atoms with E-state index in [0.29, 0.717) is 11.9 Å². The summed E-state index contributed by atoms with van der Waals surface area (Å²) in [5, 5.41) is 0. The molecule has 1 aromatic heterocycles. The molecule has 2 heterocycles. The van der Waals surface area contributed by atoms with E-state index in [2.05, 4.69) is 33.6 Å². The van der Waals surface area contributed by atoms with Crippen molar-refractivity contribution in [1.82, 2.24) is 14.9 Å². The third-order valence-electron chi connectivity index (χ3n) is 3.22. The molecule has 1 aliphatic heterocycles. The number of rotatable bonds is 2. The Morgan fingerprint density at radius 3 is 2.47 bits per heavy atom. The molecule has 5 heteroatoms. The van der Waals surface area contributed by atoms with Gasteiger partial charge in [-0.25, -0.2) is 4.98 Å². The summed E-state index contributed by atoms with van der Waals surface area (Å²) in [6.07, 6.45) is 0. The summed E-state index contributed by atoms with van der Waals surface area (Å²) >= 11 is 0. The van der Waals surface area contributed by atoms with Crippen molar-refractivity contribution in [3.63, 3.8) is 0 Å². The number of piperazine rings is 1. The summed E-state index contributed by atoms with van der Waals surface area (Å²) < 4.78 is 0. The van der Waals surface area contributed by atoms with Crippen molar-refractivity contribution in [2.45, 2.75) is 26.8 Å². The van der Waals surface area contributed by atoms with Crippen LogP contribution in [0.3, 0.4) is 0 Å². The van der Waals surface area contributed by atoms with E-state index in [9.17, 15) is 4.79 Å². The van der Waals surface area contributed by atoms with Crippen LogP contribution in [0.5, 0.6) is 0 Å². The minimum absolute atomic E-state index is 0.0706. The van der Waals surface area contributed by atoms with Gasteiger partial charge in [0.25, 0.3) is 5.56 Å². The topological polar surface area (TPSA) is 52.2 Å². The standard InChI is InChI=1S/C12H20N4O/c1-9(2)15-4-6-16(7-5-15)11-8-12(17)14-10(3)13-11/h8-9H,4-7H2,1-3H3,(H,13,14,17). The minimum Gasteiger partial charge on any atom is -0.354 e. The molecule has 1 aromatic rings. The van der Waals surface area contributed by atoms with E-state index in [1.54, 1.807) is 6.07 Å². The van der Waals surface area contributed by atoms with E-state index in [0.717, 1.165) is 32.0 Å². The molecule has 1 N–H and O–H groups in total. The van der Waals surface area contributed by atoms with E-state index < -0.39 is 0 Å². The fourth-order valence-electron chi connectivity index (χ4n) is 2.19. The highest BCUT2D eigenvalue weighted by molar-refractivity contribution is 5.37. The maximum Gasteiger partial charge on any atom is 0.252 e. The second-order valence-corrected chi connectivity index (χ2v) is 4.81. The van der Waals surface area contributed by atoms with Gasteiger partial charge in [-0.1, -0.05) is 0 Å². The highest BCUT2D eigenvalue weighted by Gasteiger charge is 2.19. The molecule has 1 saturated heterocycles. The van der Waals surface area contributed by atoms with Crippen molar-refractivity contribution in [3.05, 3.63) is 22.2 Å². The molecule has 0 amide bonds. The van der Waals surface area contributed by atoms with Crippen molar-refractivity contribution in [2.24, 2.45) is 0 Å². The normalized spacial score (nSPS) is 17.8. The summed E-state index contributed by atoms with van der Waals surface area (Å²) in [5.74, 6) is 1.48. The van der Waals surface area contributed by atoms with Crippen LogP contribution < -0.4 is 10.5 Å². The van der Waals surface area contributed by atoms with Gasteiger partial charge in [-0.05, 0) is 20.8 Å². The largest absolute Gasteiger partial charge is 0.354 e. The summed E-state index contributed by atoms with van der Waals surface area (Å²) in [6.45, 7) is 10.2. The van der Waals surface area contributed by atoms with Gasteiger partial charge in [0.2, 0.25) is 0 Å². The Morgan fingerprint density at radius 1 is 1.29 bits per heavy atom. The number of hydrogen-bond acceptors (Lipinski definition) is 4. The van der Waals surface area contributed by atoms with Crippen molar-refractivity contribution in [2.75, 3.05) is 31.1 Å². The zero-order chi connectivity index (χ0) is 12.4. The van der Waals surface area contributed by atoms with Gasteiger partial charge in [0, 0.05) is 38.3 Å². The van der Waals surface area contributed by atoms with Crippen LogP contribution >= 0.6 is 0 Å². The second kappa shape index (κ2) is 4.87. The number of aryl methyl sites for hydroxylation is 1. The number of H-pyrrole nitrogens is 1. The SMILES string of the molecule is Cc1nc(N2CCN(C(C)C)CC2)cc(=O)[nH]1. The quantitative estimate of drug-likeness (QED) is 0.817. The lowest BCUT2D eigenvalue weighted by atomic mass is 10.2. The zero-order valence-electron chi connectivity index (χ0n) is 10.7. The third kappa shape index (κ3) is 2.85. The lowest BCUT2D eigenvalue weighted by molar-refractivity contribution is 0.209. The molecule has 0 unspecified atom stereocenters. The molecule has 1 fully saturated rings. The molecule has 2 rings (SSSR count). The van der Waals surface area contributed by atoms with Gasteiger partial charge in [0.05, 0.1) is 0 Å². The van der Waals surface area contributed by atoms with Crippen LogP contribution in [-0.4, -0.2) is 47.1 Å². The molecule has 5 nitrogen and oxygen atoms in total. The van der Waals surface area contributed by atoms with Crippen molar-refractivity contribution >= 4 is 5.82 Å². The van der Waals surface area contributed by atoms with Gasteiger partial charge in [0.1, 0.15) is 11.6 Å². The minimum atomic E-state index is -0.0706. The van der Waals surface area contributed by atoms with E-state index in [-0.39, 0.29) is 5.56 Å². The van der Waals surface area contributed by atoms with Gasteiger partial charge < -0.3 is 9.88 Å². The van der Waals surface area contributed by atoms with Crippen LogP contribution in [0.2, 0.25) is 0 Å². The number of nitrogens with one attached hydrogen (secondary N) is 1. The molecule has 0 spiro atoms. The molecular formula is C12H20N4O. The van der Waals surface area contributed by atoms with Gasteiger partial charge in [-0.15, -0.1) is 0 Å². The number of aromatic amines is 1. The maximum absolute atomic E-state index is 11.4. The van der Waals surface area contributed by atoms with E-state index in [4.69, 9.17) is 0 Å². The molecule has 0 atom stereocenters. The predicted octanol–water partition coefficient (Wildman–Crippen LogP) is 0.609. The number of hydrogen-bond donors (Lipinski definition) is 1. The Balaban J connectivity index is 2.08. The van der Waals surface area contributed by atoms with Gasteiger partial charge >= 0.3 is 0 Å². The lowest BCUT2D eigenvalue weighted by Gasteiger charge is -2.37. The lowest BCUT2D eigenvalue weighted by Crippen LogP contribution is -2.49. The van der Waals surface area contributed by atoms with Gasteiger partial charge in [-0.2, -0.15) is 0 Å². The molecule has 0 saturated carbocycles. The van der Waals surface area contributed by atoms with Crippen molar-refractivity contribution in [3.8, 4) is 0 Å². The van der Waals surface area contributed by atoms with Gasteiger partial charge in [0.15, 0.2) is 0 Å². The van der Waals surface area contributed by atoms with E-state index >= 15 is 0 Å². The summed E-state index contributed by atoms with van der Waals surface area (Å²) in [6, 6.07) is 2.17. The Morgan fingerprint density at radius 2 is 1.94 bits per heavy atom. The van der Waals surface area contributed by atoms with E-state index in [1.807, 2.05) is 6.92 Å². The molecule has 1 aliphatic rings. The summed E-state index contributed by atoms with van der Waals surface area (Å²) in [5.41, 5.74) is -0.0706. The van der Waals surface area contributed by atoms with Gasteiger partial charge in [-0.3, -0.25) is 9.69 Å². The van der Waals surface area contributed by atoms with Crippen LogP contribution in [-0.2, 0) is 0 Å². The molecule has 17 heavy (non-hydrogen) atoms. The monoisotopic (exact) mass is 236 g/mol. The smallest absolute Gasteiger partial charge is 0.252 e.